The minimum absolute atomic E-state index is 0.248. The summed E-state index contributed by atoms with van der Waals surface area (Å²) < 4.78 is 15.6. The number of nitriles is 1. The highest BCUT2D eigenvalue weighted by molar-refractivity contribution is 5.95. The molecule has 108 valence electrons. The number of methoxy groups -OCH3 is 3. The molecule has 0 radical (unpaired) electrons. The zero-order chi connectivity index (χ0) is 15.0. The van der Waals surface area contributed by atoms with Crippen molar-refractivity contribution < 1.29 is 19.0 Å². The predicted molar refractivity (Wildman–Crippen MR) is 73.3 cm³/mol. The van der Waals surface area contributed by atoms with Crippen molar-refractivity contribution in [3.05, 3.63) is 17.7 Å². The summed E-state index contributed by atoms with van der Waals surface area (Å²) >= 11 is 0. The molecular weight excluding hydrogens is 260 g/mol. The van der Waals surface area contributed by atoms with Gasteiger partial charge in [-0.3, -0.25) is 4.79 Å². The molecule has 0 bridgehead atoms. The zero-order valence-electron chi connectivity index (χ0n) is 11.9. The first kappa shape index (κ1) is 15.6. The van der Waals surface area contributed by atoms with E-state index in [9.17, 15) is 4.79 Å². The van der Waals surface area contributed by atoms with Crippen LogP contribution in [0.2, 0.25) is 0 Å². The van der Waals surface area contributed by atoms with E-state index in [1.807, 2.05) is 6.07 Å². The lowest BCUT2D eigenvalue weighted by Crippen LogP contribution is -2.24. The maximum absolute atomic E-state index is 12.0. The van der Waals surface area contributed by atoms with E-state index in [1.54, 1.807) is 12.1 Å². The summed E-state index contributed by atoms with van der Waals surface area (Å²) in [6, 6.07) is 5.19. The SMILES string of the molecule is COc1cc(C(=O)NCCCC#N)cc(OC)c1OC. The summed E-state index contributed by atoms with van der Waals surface area (Å²) in [5.74, 6) is 1.04. The second-order valence-corrected chi connectivity index (χ2v) is 3.93. The molecule has 1 aromatic rings. The third-order valence-electron chi connectivity index (χ3n) is 2.68. The molecule has 0 aliphatic rings. The van der Waals surface area contributed by atoms with Crippen molar-refractivity contribution in [2.24, 2.45) is 0 Å². The van der Waals surface area contributed by atoms with Gasteiger partial charge >= 0.3 is 0 Å². The molecule has 0 saturated heterocycles. The topological polar surface area (TPSA) is 80.6 Å². The van der Waals surface area contributed by atoms with Crippen molar-refractivity contribution in [1.82, 2.24) is 5.32 Å². The largest absolute Gasteiger partial charge is 0.493 e. The summed E-state index contributed by atoms with van der Waals surface area (Å²) in [5.41, 5.74) is 0.413. The van der Waals surface area contributed by atoms with E-state index in [1.165, 1.54) is 21.3 Å². The molecule has 6 heteroatoms. The molecule has 1 aromatic carbocycles. The molecule has 0 atom stereocenters. The number of carbonyl (C=O) groups excluding carboxylic acids is 1. The monoisotopic (exact) mass is 278 g/mol. The lowest BCUT2D eigenvalue weighted by atomic mass is 10.1. The van der Waals surface area contributed by atoms with Crippen molar-refractivity contribution in [3.8, 4) is 23.3 Å². The van der Waals surface area contributed by atoms with Gasteiger partial charge in [0.05, 0.1) is 27.4 Å². The zero-order valence-corrected chi connectivity index (χ0v) is 11.9. The smallest absolute Gasteiger partial charge is 0.251 e. The minimum atomic E-state index is -0.248. The van der Waals surface area contributed by atoms with Gasteiger partial charge in [-0.15, -0.1) is 0 Å². The number of benzene rings is 1. The molecule has 0 aliphatic heterocycles. The van der Waals surface area contributed by atoms with Gasteiger partial charge in [0.15, 0.2) is 11.5 Å². The predicted octanol–water partition coefficient (Wildman–Crippen LogP) is 1.75. The van der Waals surface area contributed by atoms with Gasteiger partial charge in [0.1, 0.15) is 0 Å². The first-order chi connectivity index (χ1) is 9.67. The summed E-state index contributed by atoms with van der Waals surface area (Å²) in [6.07, 6.45) is 1.03. The number of rotatable bonds is 7. The van der Waals surface area contributed by atoms with Crippen LogP contribution in [-0.2, 0) is 0 Å². The van der Waals surface area contributed by atoms with E-state index in [2.05, 4.69) is 5.32 Å². The second kappa shape index (κ2) is 7.89. The summed E-state index contributed by atoms with van der Waals surface area (Å²) in [4.78, 5) is 12.0. The van der Waals surface area contributed by atoms with Gasteiger partial charge in [-0.1, -0.05) is 0 Å². The maximum atomic E-state index is 12.0. The fourth-order valence-electron chi connectivity index (χ4n) is 1.68. The number of nitrogens with zero attached hydrogens (tertiary/aromatic N) is 1. The molecule has 0 unspecified atom stereocenters. The Bertz CT molecular complexity index is 483. The van der Waals surface area contributed by atoms with Gasteiger partial charge in [-0.25, -0.2) is 0 Å². The highest BCUT2D eigenvalue weighted by Gasteiger charge is 2.16. The lowest BCUT2D eigenvalue weighted by Gasteiger charge is -2.14. The lowest BCUT2D eigenvalue weighted by molar-refractivity contribution is 0.0952. The van der Waals surface area contributed by atoms with Gasteiger partial charge < -0.3 is 19.5 Å². The molecule has 0 heterocycles. The van der Waals surface area contributed by atoms with Crippen molar-refractivity contribution in [1.29, 1.82) is 5.26 Å². The van der Waals surface area contributed by atoms with Gasteiger partial charge in [-0.05, 0) is 18.6 Å². The Morgan fingerprint density at radius 1 is 1.20 bits per heavy atom. The van der Waals surface area contributed by atoms with Crippen LogP contribution in [0.4, 0.5) is 0 Å². The summed E-state index contributed by atoms with van der Waals surface area (Å²) in [6.45, 7) is 0.447. The fourth-order valence-corrected chi connectivity index (χ4v) is 1.68. The first-order valence-corrected chi connectivity index (χ1v) is 6.13. The molecule has 0 spiro atoms. The Kier molecular flexibility index (Phi) is 6.17. The summed E-state index contributed by atoms with van der Waals surface area (Å²) in [7, 11) is 4.49. The maximum Gasteiger partial charge on any atom is 0.251 e. The van der Waals surface area contributed by atoms with Gasteiger partial charge in [0, 0.05) is 18.5 Å². The van der Waals surface area contributed by atoms with E-state index in [4.69, 9.17) is 19.5 Å². The minimum Gasteiger partial charge on any atom is -0.493 e. The molecule has 6 nitrogen and oxygen atoms in total. The molecule has 1 rings (SSSR count). The molecule has 20 heavy (non-hydrogen) atoms. The average Bonchev–Trinajstić information content (AvgIpc) is 2.49. The van der Waals surface area contributed by atoms with Crippen LogP contribution in [0.25, 0.3) is 0 Å². The Morgan fingerprint density at radius 2 is 1.80 bits per heavy atom. The number of ether oxygens (including phenoxy) is 3. The van der Waals surface area contributed by atoms with E-state index >= 15 is 0 Å². The molecule has 0 aliphatic carbocycles. The Hall–Kier alpha value is -2.42. The third kappa shape index (κ3) is 3.79. The standard InChI is InChI=1S/C14H18N2O4/c1-18-11-8-10(9-12(19-2)13(11)20-3)14(17)16-7-5-4-6-15/h8-9H,4-5,7H2,1-3H3,(H,16,17). The van der Waals surface area contributed by atoms with Crippen molar-refractivity contribution in [2.75, 3.05) is 27.9 Å². The number of carbonyl (C=O) groups is 1. The number of unbranched alkanes of at least 4 members (excludes halogenated alkanes) is 1. The number of hydrogen-bond donors (Lipinski definition) is 1. The number of amides is 1. The first-order valence-electron chi connectivity index (χ1n) is 6.13. The number of nitrogens with one attached hydrogen (secondary N) is 1. The van der Waals surface area contributed by atoms with Crippen LogP contribution in [0.15, 0.2) is 12.1 Å². The molecule has 0 aromatic heterocycles. The van der Waals surface area contributed by atoms with E-state index in [0.29, 0.717) is 42.2 Å². The molecule has 1 N–H and O–H groups in total. The fraction of sp³-hybridized carbons (Fsp3) is 0.429. The third-order valence-corrected chi connectivity index (χ3v) is 2.68. The Balaban J connectivity index is 2.90. The van der Waals surface area contributed by atoms with E-state index < -0.39 is 0 Å². The van der Waals surface area contributed by atoms with Crippen LogP contribution in [0.5, 0.6) is 17.2 Å². The van der Waals surface area contributed by atoms with Gasteiger partial charge in [-0.2, -0.15) is 5.26 Å². The average molecular weight is 278 g/mol. The van der Waals surface area contributed by atoms with Gasteiger partial charge in [0.2, 0.25) is 5.75 Å². The second-order valence-electron chi connectivity index (χ2n) is 3.93. The van der Waals surface area contributed by atoms with Crippen LogP contribution >= 0.6 is 0 Å². The Labute approximate surface area is 118 Å². The van der Waals surface area contributed by atoms with Crippen molar-refractivity contribution in [2.45, 2.75) is 12.8 Å². The molecule has 0 saturated carbocycles. The van der Waals surface area contributed by atoms with E-state index in [0.717, 1.165) is 0 Å². The van der Waals surface area contributed by atoms with Crippen molar-refractivity contribution in [3.63, 3.8) is 0 Å². The quantitative estimate of drug-likeness (QED) is 0.768. The van der Waals surface area contributed by atoms with Gasteiger partial charge in [0.25, 0.3) is 5.91 Å². The van der Waals surface area contributed by atoms with Crippen LogP contribution in [-0.4, -0.2) is 33.8 Å². The molecular formula is C14H18N2O4. The molecule has 1 amide bonds. The highest BCUT2D eigenvalue weighted by Crippen LogP contribution is 2.38. The highest BCUT2D eigenvalue weighted by atomic mass is 16.5. The van der Waals surface area contributed by atoms with Crippen LogP contribution in [0, 0.1) is 11.3 Å². The Morgan fingerprint density at radius 3 is 2.25 bits per heavy atom. The van der Waals surface area contributed by atoms with Crippen molar-refractivity contribution >= 4 is 5.91 Å². The normalized spacial score (nSPS) is 9.50. The van der Waals surface area contributed by atoms with Crippen LogP contribution in [0.1, 0.15) is 23.2 Å². The molecule has 0 fully saturated rings. The summed E-state index contributed by atoms with van der Waals surface area (Å²) in [5, 5.41) is 11.2. The van der Waals surface area contributed by atoms with E-state index in [-0.39, 0.29) is 5.91 Å². The number of hydrogen-bond acceptors (Lipinski definition) is 5. The van der Waals surface area contributed by atoms with Crippen LogP contribution < -0.4 is 19.5 Å². The van der Waals surface area contributed by atoms with Crippen LogP contribution in [0.3, 0.4) is 0 Å².